The van der Waals surface area contributed by atoms with Crippen LogP contribution in [0.3, 0.4) is 0 Å². The highest BCUT2D eigenvalue weighted by atomic mass is 16.3. The molecule has 1 N–H and O–H groups in total. The highest BCUT2D eigenvalue weighted by molar-refractivity contribution is 5.93. The van der Waals surface area contributed by atoms with Crippen LogP contribution in [0, 0.1) is 34.0 Å². The van der Waals surface area contributed by atoms with Crippen molar-refractivity contribution >= 4 is 5.78 Å². The molecule has 0 aromatic carbocycles. The number of aliphatic hydroxyl groups is 1. The third kappa shape index (κ3) is 1.50. The molecular weight excluding hydrogens is 298 g/mol. The molecule has 0 radical (unpaired) electrons. The lowest BCUT2D eigenvalue weighted by Crippen LogP contribution is -2.53. The van der Waals surface area contributed by atoms with Crippen molar-refractivity contribution in [3.8, 4) is 6.07 Å². The van der Waals surface area contributed by atoms with E-state index in [1.54, 1.807) is 5.57 Å². The first-order valence-electron chi connectivity index (χ1n) is 9.50. The van der Waals surface area contributed by atoms with Gasteiger partial charge in [-0.3, -0.25) is 4.79 Å². The molecule has 0 aliphatic heterocycles. The lowest BCUT2D eigenvalue weighted by molar-refractivity contribution is -0.115. The Balaban J connectivity index is 1.60. The van der Waals surface area contributed by atoms with Gasteiger partial charge in [-0.2, -0.15) is 5.26 Å². The number of hydrogen-bond acceptors (Lipinski definition) is 3. The van der Waals surface area contributed by atoms with Crippen LogP contribution in [0.25, 0.3) is 0 Å². The second-order valence-electron chi connectivity index (χ2n) is 9.08. The number of nitrogens with zero attached hydrogens (tertiary/aromatic N) is 1. The standard InChI is InChI=1S/C21H25NO2/c1-19-7-6-17-16-4-3-15(23)10-13(16)2-5-18(17)21(19)12-14(21)11-20(19,24)8-9-22/h10,14,18,24H,2-8,11-12H2,1H3/t14?,18-,19-,20+,21+/m1/s1. The van der Waals surface area contributed by atoms with Crippen LogP contribution in [0.5, 0.6) is 0 Å². The lowest BCUT2D eigenvalue weighted by atomic mass is 9.51. The van der Waals surface area contributed by atoms with Gasteiger partial charge in [-0.1, -0.05) is 12.5 Å². The minimum atomic E-state index is -0.792. The Morgan fingerprint density at radius 2 is 2.12 bits per heavy atom. The first kappa shape index (κ1) is 14.9. The molecule has 3 nitrogen and oxygen atoms in total. The van der Waals surface area contributed by atoms with Crippen LogP contribution < -0.4 is 0 Å². The van der Waals surface area contributed by atoms with Crippen LogP contribution in [-0.4, -0.2) is 16.5 Å². The van der Waals surface area contributed by atoms with Crippen LogP contribution in [0.1, 0.15) is 64.7 Å². The Bertz CT molecular complexity index is 756. The fraction of sp³-hybridized carbons (Fsp3) is 0.714. The van der Waals surface area contributed by atoms with Gasteiger partial charge in [0.15, 0.2) is 5.78 Å². The molecule has 0 aromatic rings. The Kier molecular flexibility index (Phi) is 2.74. The molecule has 126 valence electrons. The van der Waals surface area contributed by atoms with Gasteiger partial charge in [0.25, 0.3) is 0 Å². The van der Waals surface area contributed by atoms with E-state index in [1.807, 2.05) is 6.08 Å². The number of allylic oxidation sites excluding steroid dienone is 4. The van der Waals surface area contributed by atoms with Crippen LogP contribution in [0.2, 0.25) is 0 Å². The first-order chi connectivity index (χ1) is 11.5. The lowest BCUT2D eigenvalue weighted by Gasteiger charge is -2.54. The summed E-state index contributed by atoms with van der Waals surface area (Å²) in [4.78, 5) is 11.8. The minimum Gasteiger partial charge on any atom is -0.388 e. The summed E-state index contributed by atoms with van der Waals surface area (Å²) < 4.78 is 0. The number of carbonyl (C=O) groups excluding carboxylic acids is 1. The number of hydrogen-bond donors (Lipinski definition) is 1. The number of ketones is 1. The van der Waals surface area contributed by atoms with E-state index in [4.69, 9.17) is 0 Å². The summed E-state index contributed by atoms with van der Waals surface area (Å²) in [5.74, 6) is 1.46. The fourth-order valence-corrected chi connectivity index (χ4v) is 7.33. The maximum absolute atomic E-state index is 11.8. The summed E-state index contributed by atoms with van der Waals surface area (Å²) in [7, 11) is 0. The summed E-state index contributed by atoms with van der Waals surface area (Å²) in [6.45, 7) is 2.27. The molecular formula is C21H25NO2. The Morgan fingerprint density at radius 1 is 1.29 bits per heavy atom. The van der Waals surface area contributed by atoms with E-state index >= 15 is 0 Å². The van der Waals surface area contributed by atoms with Crippen LogP contribution in [0.4, 0.5) is 0 Å². The van der Waals surface area contributed by atoms with E-state index in [2.05, 4.69) is 13.0 Å². The first-order valence-corrected chi connectivity index (χ1v) is 9.50. The maximum atomic E-state index is 11.8. The van der Waals surface area contributed by atoms with Crippen molar-refractivity contribution in [2.24, 2.45) is 22.7 Å². The molecule has 0 bridgehead atoms. The molecule has 3 heteroatoms. The molecule has 3 saturated carbocycles. The topological polar surface area (TPSA) is 61.1 Å². The Labute approximate surface area is 143 Å². The van der Waals surface area contributed by atoms with Gasteiger partial charge >= 0.3 is 0 Å². The molecule has 3 fully saturated rings. The van der Waals surface area contributed by atoms with Crippen LogP contribution in [0.15, 0.2) is 22.8 Å². The van der Waals surface area contributed by atoms with Gasteiger partial charge in [0.1, 0.15) is 0 Å². The van der Waals surface area contributed by atoms with Crippen molar-refractivity contribution < 1.29 is 9.90 Å². The van der Waals surface area contributed by atoms with Gasteiger partial charge < -0.3 is 5.11 Å². The van der Waals surface area contributed by atoms with Gasteiger partial charge in [0, 0.05) is 11.8 Å². The molecule has 1 unspecified atom stereocenters. The zero-order chi connectivity index (χ0) is 16.7. The molecule has 24 heavy (non-hydrogen) atoms. The van der Waals surface area contributed by atoms with Crippen molar-refractivity contribution in [2.45, 2.75) is 70.3 Å². The predicted molar refractivity (Wildman–Crippen MR) is 89.8 cm³/mol. The monoisotopic (exact) mass is 323 g/mol. The zero-order valence-electron chi connectivity index (χ0n) is 14.4. The summed E-state index contributed by atoms with van der Waals surface area (Å²) in [5, 5.41) is 20.6. The largest absolute Gasteiger partial charge is 0.388 e. The SMILES string of the molecule is C[C@]12CCC3=C4CCC(=O)C=C4CC[C@H]3[C@@]13CC3C[C@@]2(O)CC#N. The van der Waals surface area contributed by atoms with Gasteiger partial charge in [-0.25, -0.2) is 0 Å². The summed E-state index contributed by atoms with van der Waals surface area (Å²) >= 11 is 0. The molecule has 5 rings (SSSR count). The molecule has 0 saturated heterocycles. The van der Waals surface area contributed by atoms with Crippen molar-refractivity contribution in [1.29, 1.82) is 5.26 Å². The molecule has 0 heterocycles. The molecule has 0 aromatic heterocycles. The molecule has 5 aliphatic rings. The minimum absolute atomic E-state index is 0.110. The molecule has 0 amide bonds. The number of fused-ring (bicyclic) bond motifs is 2. The summed E-state index contributed by atoms with van der Waals surface area (Å²) in [6.07, 6.45) is 10.0. The third-order valence-electron chi connectivity index (χ3n) is 8.53. The molecule has 5 aliphatic carbocycles. The van der Waals surface area contributed by atoms with Crippen molar-refractivity contribution in [3.63, 3.8) is 0 Å². The Hall–Kier alpha value is -1.40. The number of rotatable bonds is 1. The third-order valence-corrected chi connectivity index (χ3v) is 8.53. The second kappa shape index (κ2) is 4.41. The highest BCUT2D eigenvalue weighted by Gasteiger charge is 2.80. The van der Waals surface area contributed by atoms with Crippen molar-refractivity contribution in [3.05, 3.63) is 22.8 Å². The smallest absolute Gasteiger partial charge is 0.156 e. The van der Waals surface area contributed by atoms with E-state index in [0.29, 0.717) is 24.0 Å². The van der Waals surface area contributed by atoms with E-state index in [1.165, 1.54) is 17.6 Å². The van der Waals surface area contributed by atoms with Gasteiger partial charge in [0.05, 0.1) is 18.1 Å². The maximum Gasteiger partial charge on any atom is 0.156 e. The average Bonchev–Trinajstić information content (AvgIpc) is 3.20. The van der Waals surface area contributed by atoms with E-state index in [9.17, 15) is 15.2 Å². The number of nitriles is 1. The highest BCUT2D eigenvalue weighted by Crippen LogP contribution is 2.83. The Morgan fingerprint density at radius 3 is 2.92 bits per heavy atom. The second-order valence-corrected chi connectivity index (χ2v) is 9.08. The van der Waals surface area contributed by atoms with Gasteiger partial charge in [-0.05, 0) is 79.4 Å². The fourth-order valence-electron chi connectivity index (χ4n) is 7.33. The normalized spacial score (nSPS) is 48.7. The predicted octanol–water partition coefficient (Wildman–Crippen LogP) is 3.84. The van der Waals surface area contributed by atoms with Crippen LogP contribution >= 0.6 is 0 Å². The average molecular weight is 323 g/mol. The van der Waals surface area contributed by atoms with Gasteiger partial charge in [0.2, 0.25) is 0 Å². The van der Waals surface area contributed by atoms with E-state index in [-0.39, 0.29) is 17.3 Å². The molecule has 5 atom stereocenters. The van der Waals surface area contributed by atoms with Crippen molar-refractivity contribution in [2.75, 3.05) is 0 Å². The van der Waals surface area contributed by atoms with Crippen LogP contribution in [-0.2, 0) is 4.79 Å². The quantitative estimate of drug-likeness (QED) is 0.797. The summed E-state index contributed by atoms with van der Waals surface area (Å²) in [5.41, 5.74) is 3.73. The number of carbonyl (C=O) groups is 1. The van der Waals surface area contributed by atoms with E-state index < -0.39 is 5.60 Å². The summed E-state index contributed by atoms with van der Waals surface area (Å²) in [6, 6.07) is 2.26. The van der Waals surface area contributed by atoms with Crippen molar-refractivity contribution in [1.82, 2.24) is 0 Å². The van der Waals surface area contributed by atoms with Gasteiger partial charge in [-0.15, -0.1) is 0 Å². The van der Waals surface area contributed by atoms with E-state index in [0.717, 1.165) is 38.5 Å². The zero-order valence-corrected chi connectivity index (χ0v) is 14.4. The molecule has 1 spiro atoms.